The van der Waals surface area contributed by atoms with Gasteiger partial charge in [-0.2, -0.15) is 0 Å². The molecule has 0 fully saturated rings. The van der Waals surface area contributed by atoms with Crippen molar-refractivity contribution in [2.75, 3.05) is 6.61 Å². The van der Waals surface area contributed by atoms with Gasteiger partial charge < -0.3 is 0 Å². The molecule has 0 amide bonds. The molecule has 0 aromatic rings. The van der Waals surface area contributed by atoms with Gasteiger partial charge in [0.05, 0.1) is 0 Å². The molecule has 0 aliphatic rings. The SMILES string of the molecule is CCC[CH2][Sn]([CH2]CCC)([CH2]CCC)/[C](=C\[Si](C)(C)C)CO[Si]C(C(C)C)C(C)C. The Hall–Kier alpha value is 0.932. The topological polar surface area (TPSA) is 9.23 Å². The first-order valence-electron chi connectivity index (χ1n) is 12.6. The van der Waals surface area contributed by atoms with Crippen molar-refractivity contribution >= 4 is 36.2 Å². The van der Waals surface area contributed by atoms with E-state index in [1.165, 1.54) is 38.5 Å². The van der Waals surface area contributed by atoms with Crippen LogP contribution in [-0.2, 0) is 4.43 Å². The molecule has 0 saturated heterocycles. The molecule has 2 radical (unpaired) electrons. The van der Waals surface area contributed by atoms with E-state index in [1.54, 1.807) is 13.3 Å². The minimum atomic E-state index is -2.38. The average Bonchev–Trinajstić information content (AvgIpc) is 2.62. The molecular weight excluding hydrogens is 491 g/mol. The first-order valence-corrected chi connectivity index (χ1v) is 24.7. The predicted octanol–water partition coefficient (Wildman–Crippen LogP) is 8.91. The van der Waals surface area contributed by atoms with Gasteiger partial charge in [0, 0.05) is 0 Å². The molecule has 4 heteroatoms. The van der Waals surface area contributed by atoms with E-state index in [2.05, 4.69) is 73.8 Å². The summed E-state index contributed by atoms with van der Waals surface area (Å²) in [6.07, 6.45) is 8.37. The number of hydrogen-bond donors (Lipinski definition) is 0. The molecule has 29 heavy (non-hydrogen) atoms. The maximum atomic E-state index is 6.61. The van der Waals surface area contributed by atoms with E-state index >= 15 is 0 Å². The molecule has 0 heterocycles. The molecule has 172 valence electrons. The fourth-order valence-electron chi connectivity index (χ4n) is 4.53. The zero-order valence-electron chi connectivity index (χ0n) is 21.8. The van der Waals surface area contributed by atoms with Crippen molar-refractivity contribution < 1.29 is 4.43 Å². The van der Waals surface area contributed by atoms with E-state index < -0.39 is 26.5 Å². The second-order valence-electron chi connectivity index (χ2n) is 11.0. The quantitative estimate of drug-likeness (QED) is 0.166. The van der Waals surface area contributed by atoms with Crippen molar-refractivity contribution in [3.8, 4) is 0 Å². The van der Waals surface area contributed by atoms with Gasteiger partial charge in [-0.15, -0.1) is 0 Å². The van der Waals surface area contributed by atoms with Crippen LogP contribution in [0.2, 0.25) is 38.5 Å². The molecule has 0 bridgehead atoms. The summed E-state index contributed by atoms with van der Waals surface area (Å²) in [5, 5.41) is 0. The van der Waals surface area contributed by atoms with Crippen LogP contribution >= 0.6 is 0 Å². The van der Waals surface area contributed by atoms with Crippen LogP contribution in [0.5, 0.6) is 0 Å². The molecule has 0 rings (SSSR count). The summed E-state index contributed by atoms with van der Waals surface area (Å²) in [5.41, 5.74) is 3.52. The van der Waals surface area contributed by atoms with Crippen molar-refractivity contribution in [1.82, 2.24) is 0 Å². The van der Waals surface area contributed by atoms with E-state index in [1.807, 2.05) is 3.59 Å². The first kappa shape index (κ1) is 29.9. The van der Waals surface area contributed by atoms with Crippen LogP contribution in [0.3, 0.4) is 0 Å². The van der Waals surface area contributed by atoms with Gasteiger partial charge in [-0.05, 0) is 0 Å². The Labute approximate surface area is 193 Å². The molecule has 0 aromatic heterocycles. The standard InChI is InChI=1S/C13H27OSi2.3C4H9.Sn/c1-11(2)13(12(3)4)15-14-9-8-10-16(5,6)7;3*1-3-4-2;/h10-13H,9H2,1-7H3;3*1,3-4H2,2H3;. The average molecular weight is 546 g/mol. The third-order valence-corrected chi connectivity index (χ3v) is 26.1. The van der Waals surface area contributed by atoms with Crippen LogP contribution in [0.25, 0.3) is 0 Å². The van der Waals surface area contributed by atoms with Crippen LogP contribution < -0.4 is 0 Å². The molecule has 0 saturated carbocycles. The van der Waals surface area contributed by atoms with Crippen LogP contribution in [0.15, 0.2) is 9.29 Å². The summed E-state index contributed by atoms with van der Waals surface area (Å²) in [6.45, 7) is 25.2. The van der Waals surface area contributed by atoms with Crippen molar-refractivity contribution in [2.24, 2.45) is 11.8 Å². The normalized spacial score (nSPS) is 13.9. The molecular formula is C25H54OSi2Sn. The Morgan fingerprint density at radius 2 is 1.24 bits per heavy atom. The Morgan fingerprint density at radius 1 is 0.828 bits per heavy atom. The van der Waals surface area contributed by atoms with Gasteiger partial charge >= 0.3 is 194 Å². The van der Waals surface area contributed by atoms with Gasteiger partial charge in [-0.3, -0.25) is 0 Å². The number of rotatable bonds is 17. The molecule has 0 aliphatic carbocycles. The Balaban J connectivity index is 5.76. The minimum absolute atomic E-state index is 0.658. The summed E-state index contributed by atoms with van der Waals surface area (Å²) < 4.78 is 13.2. The second kappa shape index (κ2) is 15.7. The summed E-state index contributed by atoms with van der Waals surface area (Å²) in [7, 11) is -0.597. The zero-order chi connectivity index (χ0) is 22.5. The fraction of sp³-hybridized carbons (Fsp3) is 0.920. The second-order valence-corrected chi connectivity index (χ2v) is 30.7. The molecule has 0 unspecified atom stereocenters. The number of hydrogen-bond acceptors (Lipinski definition) is 1. The van der Waals surface area contributed by atoms with Crippen molar-refractivity contribution in [2.45, 2.75) is 125 Å². The molecule has 1 nitrogen and oxygen atoms in total. The van der Waals surface area contributed by atoms with Gasteiger partial charge in [-0.25, -0.2) is 0 Å². The monoisotopic (exact) mass is 546 g/mol. The third-order valence-electron chi connectivity index (χ3n) is 6.20. The fourth-order valence-corrected chi connectivity index (χ4v) is 28.5. The maximum absolute atomic E-state index is 6.61. The summed E-state index contributed by atoms with van der Waals surface area (Å²) in [6, 6.07) is 0. The van der Waals surface area contributed by atoms with Crippen LogP contribution in [0.4, 0.5) is 0 Å². The van der Waals surface area contributed by atoms with Gasteiger partial charge in [-0.1, -0.05) is 0 Å². The van der Waals surface area contributed by atoms with E-state index in [-0.39, 0.29) is 0 Å². The van der Waals surface area contributed by atoms with Gasteiger partial charge in [0.25, 0.3) is 0 Å². The summed E-state index contributed by atoms with van der Waals surface area (Å²) in [5.74, 6) is 1.43. The summed E-state index contributed by atoms with van der Waals surface area (Å²) >= 11 is -2.38. The molecule has 0 aliphatic heterocycles. The molecule has 0 spiro atoms. The Morgan fingerprint density at radius 3 is 1.55 bits per heavy atom. The van der Waals surface area contributed by atoms with Gasteiger partial charge in [0.2, 0.25) is 0 Å². The van der Waals surface area contributed by atoms with Crippen LogP contribution in [-0.4, -0.2) is 42.8 Å². The molecule has 0 N–H and O–H groups in total. The van der Waals surface area contributed by atoms with Crippen molar-refractivity contribution in [3.63, 3.8) is 0 Å². The van der Waals surface area contributed by atoms with Crippen molar-refractivity contribution in [3.05, 3.63) is 9.29 Å². The van der Waals surface area contributed by atoms with Gasteiger partial charge in [0.15, 0.2) is 0 Å². The Bertz CT molecular complexity index is 411. The van der Waals surface area contributed by atoms with E-state index in [0.717, 1.165) is 6.61 Å². The van der Waals surface area contributed by atoms with E-state index in [9.17, 15) is 0 Å². The van der Waals surface area contributed by atoms with Crippen LogP contribution in [0, 0.1) is 11.8 Å². The summed E-state index contributed by atoms with van der Waals surface area (Å²) in [4.78, 5) is 0. The van der Waals surface area contributed by atoms with Crippen molar-refractivity contribution in [1.29, 1.82) is 0 Å². The van der Waals surface area contributed by atoms with E-state index in [0.29, 0.717) is 27.1 Å². The number of unbranched alkanes of at least 4 members (excludes halogenated alkanes) is 3. The zero-order valence-corrected chi connectivity index (χ0v) is 26.6. The Kier molecular flexibility index (Phi) is 16.2. The first-order chi connectivity index (χ1) is 13.5. The van der Waals surface area contributed by atoms with Crippen LogP contribution in [0.1, 0.15) is 87.0 Å². The molecule has 0 atom stereocenters. The van der Waals surface area contributed by atoms with E-state index in [4.69, 9.17) is 4.43 Å². The third kappa shape index (κ3) is 12.5. The van der Waals surface area contributed by atoms with Gasteiger partial charge in [0.1, 0.15) is 0 Å². The molecule has 0 aromatic carbocycles. The predicted molar refractivity (Wildman–Crippen MR) is 141 cm³/mol.